The molecule has 9 heteroatoms. The summed E-state index contributed by atoms with van der Waals surface area (Å²) < 4.78 is 49.6. The monoisotopic (exact) mass is 338 g/mol. The van der Waals surface area contributed by atoms with Crippen LogP contribution in [-0.2, 0) is 26.4 Å². The maximum Gasteiger partial charge on any atom is 0.250 e. The van der Waals surface area contributed by atoms with Crippen molar-refractivity contribution in [3.63, 3.8) is 0 Å². The molecular formula is C11H18N2O4S3. The molecule has 0 saturated carbocycles. The second-order valence-corrected chi connectivity index (χ2v) is 10.1. The molecule has 6 nitrogen and oxygen atoms in total. The van der Waals surface area contributed by atoms with Crippen molar-refractivity contribution in [1.82, 2.24) is 10.0 Å². The molecule has 1 aromatic heterocycles. The van der Waals surface area contributed by atoms with Crippen molar-refractivity contribution in [1.29, 1.82) is 0 Å². The van der Waals surface area contributed by atoms with E-state index in [9.17, 15) is 16.8 Å². The highest BCUT2D eigenvalue weighted by Crippen LogP contribution is 2.22. The minimum absolute atomic E-state index is 0.0744. The maximum atomic E-state index is 12.1. The SMILES string of the molecule is CNCc1csc(S(=O)(=O)NCC2CCS(=O)(=O)C2)c1. The van der Waals surface area contributed by atoms with Crippen LogP contribution in [0.5, 0.6) is 0 Å². The van der Waals surface area contributed by atoms with Crippen LogP contribution in [0, 0.1) is 5.92 Å². The zero-order valence-corrected chi connectivity index (χ0v) is 13.6. The van der Waals surface area contributed by atoms with Crippen molar-refractivity contribution in [3.8, 4) is 0 Å². The molecule has 1 aliphatic heterocycles. The van der Waals surface area contributed by atoms with E-state index in [-0.39, 0.29) is 28.2 Å². The lowest BCUT2D eigenvalue weighted by atomic mass is 10.1. The molecule has 1 unspecified atom stereocenters. The average Bonchev–Trinajstić information content (AvgIpc) is 2.94. The number of hydrogen-bond donors (Lipinski definition) is 2. The first-order valence-corrected chi connectivity index (χ1v) is 10.4. The Balaban J connectivity index is 1.97. The Morgan fingerprint density at radius 2 is 2.20 bits per heavy atom. The highest BCUT2D eigenvalue weighted by atomic mass is 32.2. The largest absolute Gasteiger partial charge is 0.316 e. The van der Waals surface area contributed by atoms with Gasteiger partial charge in [-0.25, -0.2) is 21.6 Å². The van der Waals surface area contributed by atoms with E-state index >= 15 is 0 Å². The van der Waals surface area contributed by atoms with Crippen molar-refractivity contribution in [2.24, 2.45) is 5.92 Å². The van der Waals surface area contributed by atoms with Gasteiger partial charge in [0.1, 0.15) is 4.21 Å². The van der Waals surface area contributed by atoms with E-state index < -0.39 is 19.9 Å². The molecule has 1 aliphatic rings. The van der Waals surface area contributed by atoms with Crippen LogP contribution in [0.2, 0.25) is 0 Å². The van der Waals surface area contributed by atoms with Crippen LogP contribution in [0.4, 0.5) is 0 Å². The van der Waals surface area contributed by atoms with E-state index in [4.69, 9.17) is 0 Å². The number of sulfone groups is 1. The third-order valence-corrected chi connectivity index (χ3v) is 7.91. The summed E-state index contributed by atoms with van der Waals surface area (Å²) in [5, 5.41) is 4.76. The topological polar surface area (TPSA) is 92.3 Å². The van der Waals surface area contributed by atoms with E-state index in [0.717, 1.165) is 5.56 Å². The number of nitrogens with one attached hydrogen (secondary N) is 2. The molecule has 0 radical (unpaired) electrons. The molecule has 20 heavy (non-hydrogen) atoms. The smallest absolute Gasteiger partial charge is 0.250 e. The minimum atomic E-state index is -3.54. The quantitative estimate of drug-likeness (QED) is 0.772. The van der Waals surface area contributed by atoms with Crippen molar-refractivity contribution >= 4 is 31.2 Å². The molecule has 1 fully saturated rings. The fourth-order valence-electron chi connectivity index (χ4n) is 2.12. The number of sulfonamides is 1. The molecule has 1 saturated heterocycles. The van der Waals surface area contributed by atoms with Gasteiger partial charge in [-0.15, -0.1) is 11.3 Å². The molecular weight excluding hydrogens is 320 g/mol. The Kier molecular flexibility index (Phi) is 4.85. The summed E-state index contributed by atoms with van der Waals surface area (Å²) in [6, 6.07) is 1.63. The van der Waals surface area contributed by atoms with Gasteiger partial charge < -0.3 is 5.32 Å². The first-order chi connectivity index (χ1) is 9.32. The Morgan fingerprint density at radius 1 is 1.45 bits per heavy atom. The second kappa shape index (κ2) is 6.10. The average molecular weight is 338 g/mol. The van der Waals surface area contributed by atoms with Crippen LogP contribution in [0.25, 0.3) is 0 Å². The first-order valence-electron chi connectivity index (χ1n) is 6.24. The van der Waals surface area contributed by atoms with E-state index in [0.29, 0.717) is 13.0 Å². The molecule has 2 heterocycles. The number of rotatable bonds is 6. The van der Waals surface area contributed by atoms with Gasteiger partial charge in [0.15, 0.2) is 9.84 Å². The van der Waals surface area contributed by atoms with Crippen molar-refractivity contribution < 1.29 is 16.8 Å². The summed E-state index contributed by atoms with van der Waals surface area (Å²) in [6.45, 7) is 0.799. The van der Waals surface area contributed by atoms with Crippen molar-refractivity contribution in [2.45, 2.75) is 17.2 Å². The molecule has 2 rings (SSSR count). The van der Waals surface area contributed by atoms with Gasteiger partial charge in [0.05, 0.1) is 11.5 Å². The number of hydrogen-bond acceptors (Lipinski definition) is 6. The third-order valence-electron chi connectivity index (χ3n) is 3.16. The molecule has 1 aromatic rings. The van der Waals surface area contributed by atoms with Gasteiger partial charge in [0.25, 0.3) is 0 Å². The second-order valence-electron chi connectivity index (χ2n) is 4.93. The fourth-order valence-corrected chi connectivity index (χ4v) is 6.35. The van der Waals surface area contributed by atoms with Gasteiger partial charge in [0.2, 0.25) is 10.0 Å². The van der Waals surface area contributed by atoms with E-state index in [1.807, 2.05) is 0 Å². The van der Waals surface area contributed by atoms with Gasteiger partial charge in [-0.3, -0.25) is 0 Å². The standard InChI is InChI=1S/C11H18N2O4S3/c1-12-5-10-4-11(18-7-10)20(16,17)13-6-9-2-3-19(14,15)8-9/h4,7,9,12-13H,2-3,5-6,8H2,1H3. The molecule has 0 amide bonds. The Morgan fingerprint density at radius 3 is 2.80 bits per heavy atom. The molecule has 0 aromatic carbocycles. The molecule has 0 aliphatic carbocycles. The van der Waals surface area contributed by atoms with Crippen LogP contribution < -0.4 is 10.0 Å². The minimum Gasteiger partial charge on any atom is -0.316 e. The molecule has 0 bridgehead atoms. The van der Waals surface area contributed by atoms with Gasteiger partial charge in [0, 0.05) is 13.1 Å². The molecule has 0 spiro atoms. The molecule has 114 valence electrons. The van der Waals surface area contributed by atoms with Crippen LogP contribution in [-0.4, -0.2) is 41.9 Å². The van der Waals surface area contributed by atoms with Crippen molar-refractivity contribution in [3.05, 3.63) is 17.0 Å². The summed E-state index contributed by atoms with van der Waals surface area (Å²) in [6.07, 6.45) is 0.528. The fraction of sp³-hybridized carbons (Fsp3) is 0.636. The summed E-state index contributed by atoms with van der Waals surface area (Å²) in [4.78, 5) is 0. The van der Waals surface area contributed by atoms with Crippen LogP contribution in [0.1, 0.15) is 12.0 Å². The summed E-state index contributed by atoms with van der Waals surface area (Å²) in [5.41, 5.74) is 0.918. The predicted octanol–water partition coefficient (Wildman–Crippen LogP) is 0.180. The Bertz CT molecular complexity index is 664. The van der Waals surface area contributed by atoms with E-state index in [1.54, 1.807) is 18.5 Å². The summed E-state index contributed by atoms with van der Waals surface area (Å²) in [5.74, 6) is 0.113. The lowest BCUT2D eigenvalue weighted by Crippen LogP contribution is -2.29. The van der Waals surface area contributed by atoms with Gasteiger partial charge >= 0.3 is 0 Å². The van der Waals surface area contributed by atoms with Crippen LogP contribution in [0.3, 0.4) is 0 Å². The zero-order chi connectivity index (χ0) is 14.8. The maximum absolute atomic E-state index is 12.1. The van der Waals surface area contributed by atoms with E-state index in [2.05, 4.69) is 10.0 Å². The zero-order valence-electron chi connectivity index (χ0n) is 11.1. The summed E-state index contributed by atoms with van der Waals surface area (Å²) in [7, 11) is -4.71. The molecule has 2 N–H and O–H groups in total. The third kappa shape index (κ3) is 4.01. The lowest BCUT2D eigenvalue weighted by molar-refractivity contribution is 0.544. The van der Waals surface area contributed by atoms with Crippen LogP contribution >= 0.6 is 11.3 Å². The van der Waals surface area contributed by atoms with E-state index in [1.165, 1.54) is 11.3 Å². The van der Waals surface area contributed by atoms with Crippen molar-refractivity contribution in [2.75, 3.05) is 25.1 Å². The van der Waals surface area contributed by atoms with Crippen LogP contribution in [0.15, 0.2) is 15.7 Å². The van der Waals surface area contributed by atoms with Gasteiger partial charge in [-0.1, -0.05) is 0 Å². The predicted molar refractivity (Wildman–Crippen MR) is 79.0 cm³/mol. The molecule has 1 atom stereocenters. The highest BCUT2D eigenvalue weighted by Gasteiger charge is 2.29. The normalized spacial score (nSPS) is 22.1. The lowest BCUT2D eigenvalue weighted by Gasteiger charge is -2.09. The summed E-state index contributed by atoms with van der Waals surface area (Å²) >= 11 is 1.17. The Hall–Kier alpha value is -0.480. The number of thiophene rings is 1. The first kappa shape index (κ1) is 15.9. The highest BCUT2D eigenvalue weighted by molar-refractivity contribution is 7.92. The van der Waals surface area contributed by atoms with Gasteiger partial charge in [-0.05, 0) is 36.4 Å². The Labute approximate surface area is 123 Å². The van der Waals surface area contributed by atoms with Gasteiger partial charge in [-0.2, -0.15) is 0 Å².